The Hall–Kier alpha value is -1.32. The normalized spacial score (nSPS) is 22.0. The number of ether oxygens (including phenoxy) is 1. The van der Waals surface area contributed by atoms with Crippen molar-refractivity contribution in [2.45, 2.75) is 44.4 Å². The molecule has 2 rings (SSSR count). The van der Waals surface area contributed by atoms with Gasteiger partial charge in [0.2, 0.25) is 10.0 Å². The van der Waals surface area contributed by atoms with Gasteiger partial charge in [0.15, 0.2) is 0 Å². The van der Waals surface area contributed by atoms with E-state index in [9.17, 15) is 21.6 Å². The van der Waals surface area contributed by atoms with Crippen molar-refractivity contribution in [2.75, 3.05) is 26.2 Å². The predicted molar refractivity (Wildman–Crippen MR) is 96.9 cm³/mol. The maximum atomic E-state index is 12.5. The van der Waals surface area contributed by atoms with Crippen LogP contribution in [0.1, 0.15) is 33.1 Å². The molecular formula is C18H27F3N2O3S. The zero-order valence-corrected chi connectivity index (χ0v) is 16.4. The summed E-state index contributed by atoms with van der Waals surface area (Å²) in [6, 6.07) is 4.73. The molecule has 1 fully saturated rings. The fourth-order valence-corrected chi connectivity index (χ4v) is 4.80. The lowest BCUT2D eigenvalue weighted by Gasteiger charge is -2.34. The Morgan fingerprint density at radius 3 is 2.41 bits per heavy atom. The van der Waals surface area contributed by atoms with Crippen molar-refractivity contribution < 1.29 is 26.3 Å². The van der Waals surface area contributed by atoms with Crippen LogP contribution in [-0.4, -0.2) is 45.9 Å². The second kappa shape index (κ2) is 9.25. The van der Waals surface area contributed by atoms with Crippen LogP contribution >= 0.6 is 0 Å². The molecule has 0 aromatic heterocycles. The lowest BCUT2D eigenvalue weighted by molar-refractivity contribution is -0.275. The number of hydrogen-bond acceptors (Lipinski definition) is 4. The largest absolute Gasteiger partial charge is 0.573 e. The first-order chi connectivity index (χ1) is 12.6. The van der Waals surface area contributed by atoms with Gasteiger partial charge in [0.1, 0.15) is 10.6 Å². The molecule has 0 amide bonds. The van der Waals surface area contributed by atoms with E-state index >= 15 is 0 Å². The van der Waals surface area contributed by atoms with E-state index in [1.807, 2.05) is 0 Å². The van der Waals surface area contributed by atoms with Crippen molar-refractivity contribution in [2.24, 2.45) is 11.8 Å². The van der Waals surface area contributed by atoms with E-state index in [4.69, 9.17) is 0 Å². The molecule has 1 N–H and O–H groups in total. The van der Waals surface area contributed by atoms with Gasteiger partial charge < -0.3 is 9.64 Å². The molecule has 27 heavy (non-hydrogen) atoms. The first-order valence-electron chi connectivity index (χ1n) is 9.13. The number of alkyl halides is 3. The Balaban J connectivity index is 1.83. The minimum absolute atomic E-state index is 0.168. The van der Waals surface area contributed by atoms with Gasteiger partial charge >= 0.3 is 6.36 Å². The monoisotopic (exact) mass is 408 g/mol. The molecule has 0 radical (unpaired) electrons. The Labute approximate surface area is 158 Å². The maximum Gasteiger partial charge on any atom is 0.573 e. The third kappa shape index (κ3) is 7.31. The van der Waals surface area contributed by atoms with Gasteiger partial charge in [0.05, 0.1) is 0 Å². The molecular weight excluding hydrogens is 381 g/mol. The zero-order chi connectivity index (χ0) is 20.1. The van der Waals surface area contributed by atoms with Crippen LogP contribution < -0.4 is 9.46 Å². The van der Waals surface area contributed by atoms with E-state index in [1.165, 1.54) is 18.6 Å². The number of halogens is 3. The molecule has 1 aliphatic rings. The molecule has 0 spiro atoms. The van der Waals surface area contributed by atoms with Gasteiger partial charge in [0.25, 0.3) is 0 Å². The first-order valence-corrected chi connectivity index (χ1v) is 10.6. The summed E-state index contributed by atoms with van der Waals surface area (Å²) in [5, 5.41) is 0. The molecule has 0 aliphatic carbocycles. The second-order valence-electron chi connectivity index (χ2n) is 7.31. The van der Waals surface area contributed by atoms with Crippen LogP contribution in [0.5, 0.6) is 5.75 Å². The summed E-state index contributed by atoms with van der Waals surface area (Å²) in [6.45, 7) is 7.64. The lowest BCUT2D eigenvalue weighted by atomic mass is 9.92. The molecule has 1 aliphatic heterocycles. The van der Waals surface area contributed by atoms with Crippen molar-refractivity contribution in [1.29, 1.82) is 0 Å². The number of nitrogens with zero attached hydrogens (tertiary/aromatic N) is 1. The third-order valence-electron chi connectivity index (χ3n) is 4.50. The SMILES string of the molecule is CC1CC(C)CN(CCCCNS(=O)(=O)c2ccccc2OC(F)(F)F)C1. The van der Waals surface area contributed by atoms with Crippen molar-refractivity contribution in [3.8, 4) is 5.75 Å². The van der Waals surface area contributed by atoms with E-state index in [0.29, 0.717) is 18.3 Å². The minimum Gasteiger partial charge on any atom is -0.404 e. The summed E-state index contributed by atoms with van der Waals surface area (Å²) < 4.78 is 68.2. The van der Waals surface area contributed by atoms with Crippen LogP contribution in [-0.2, 0) is 10.0 Å². The Morgan fingerprint density at radius 2 is 1.78 bits per heavy atom. The minimum atomic E-state index is -4.95. The molecule has 2 unspecified atom stereocenters. The number of sulfonamides is 1. The topological polar surface area (TPSA) is 58.6 Å². The molecule has 9 heteroatoms. The quantitative estimate of drug-likeness (QED) is 0.668. The number of nitrogens with one attached hydrogen (secondary N) is 1. The number of piperidine rings is 1. The van der Waals surface area contributed by atoms with Crippen LogP contribution in [0, 0.1) is 11.8 Å². The third-order valence-corrected chi connectivity index (χ3v) is 6.00. The molecule has 0 saturated carbocycles. The van der Waals surface area contributed by atoms with E-state index < -0.39 is 27.0 Å². The van der Waals surface area contributed by atoms with Crippen molar-refractivity contribution in [3.05, 3.63) is 24.3 Å². The maximum absolute atomic E-state index is 12.5. The molecule has 154 valence electrons. The lowest BCUT2D eigenvalue weighted by Crippen LogP contribution is -2.39. The Kier molecular flexibility index (Phi) is 7.53. The highest BCUT2D eigenvalue weighted by Gasteiger charge is 2.33. The number of hydrogen-bond donors (Lipinski definition) is 1. The Bertz CT molecular complexity index is 700. The van der Waals surface area contributed by atoms with E-state index in [2.05, 4.69) is 28.2 Å². The van der Waals surface area contributed by atoms with Crippen LogP contribution in [0.3, 0.4) is 0 Å². The summed E-state index contributed by atoms with van der Waals surface area (Å²) in [7, 11) is -4.07. The fourth-order valence-electron chi connectivity index (χ4n) is 3.60. The first kappa shape index (κ1) is 22.0. The highest BCUT2D eigenvalue weighted by molar-refractivity contribution is 7.89. The van der Waals surface area contributed by atoms with Crippen LogP contribution in [0.4, 0.5) is 13.2 Å². The van der Waals surface area contributed by atoms with Crippen molar-refractivity contribution in [3.63, 3.8) is 0 Å². The van der Waals surface area contributed by atoms with Crippen LogP contribution in [0.2, 0.25) is 0 Å². The van der Waals surface area contributed by atoms with Gasteiger partial charge in [-0.1, -0.05) is 26.0 Å². The smallest absolute Gasteiger partial charge is 0.404 e. The van der Waals surface area contributed by atoms with Crippen LogP contribution in [0.25, 0.3) is 0 Å². The number of unbranched alkanes of at least 4 members (excludes halogenated alkanes) is 1. The molecule has 0 bridgehead atoms. The predicted octanol–water partition coefficient (Wildman–Crippen LogP) is 3.62. The highest BCUT2D eigenvalue weighted by Crippen LogP contribution is 2.29. The van der Waals surface area contributed by atoms with Gasteiger partial charge in [-0.2, -0.15) is 0 Å². The molecule has 1 aromatic carbocycles. The standard InChI is InChI=1S/C18H27F3N2O3S/c1-14-11-15(2)13-23(12-14)10-6-5-9-22-27(24,25)17-8-4-3-7-16(17)26-18(19,20)21/h3-4,7-8,14-15,22H,5-6,9-13H2,1-2H3. The molecule has 5 nitrogen and oxygen atoms in total. The molecule has 1 heterocycles. The number of likely N-dealkylation sites (tertiary alicyclic amines) is 1. The summed E-state index contributed by atoms with van der Waals surface area (Å²) in [5.41, 5.74) is 0. The summed E-state index contributed by atoms with van der Waals surface area (Å²) in [4.78, 5) is 1.88. The average molecular weight is 408 g/mol. The van der Waals surface area contributed by atoms with Gasteiger partial charge in [0, 0.05) is 19.6 Å². The molecule has 1 saturated heterocycles. The number of rotatable bonds is 8. The number of benzene rings is 1. The average Bonchev–Trinajstić information content (AvgIpc) is 2.52. The summed E-state index contributed by atoms with van der Waals surface area (Å²) in [6.07, 6.45) is -2.28. The Morgan fingerprint density at radius 1 is 1.15 bits per heavy atom. The molecule has 2 atom stereocenters. The van der Waals surface area contributed by atoms with Crippen LogP contribution in [0.15, 0.2) is 29.2 Å². The second-order valence-corrected chi connectivity index (χ2v) is 9.04. The molecule has 1 aromatic rings. The fraction of sp³-hybridized carbons (Fsp3) is 0.667. The van der Waals surface area contributed by atoms with Crippen molar-refractivity contribution in [1.82, 2.24) is 9.62 Å². The van der Waals surface area contributed by atoms with Crippen molar-refractivity contribution >= 4 is 10.0 Å². The van der Waals surface area contributed by atoms with Gasteiger partial charge in [-0.15, -0.1) is 13.2 Å². The highest BCUT2D eigenvalue weighted by atomic mass is 32.2. The van der Waals surface area contributed by atoms with E-state index in [0.717, 1.165) is 38.2 Å². The van der Waals surface area contributed by atoms with Gasteiger partial charge in [-0.05, 0) is 49.8 Å². The summed E-state index contributed by atoms with van der Waals surface area (Å²) in [5.74, 6) is 0.601. The zero-order valence-electron chi connectivity index (χ0n) is 15.6. The van der Waals surface area contributed by atoms with Gasteiger partial charge in [-0.3, -0.25) is 0 Å². The van der Waals surface area contributed by atoms with E-state index in [-0.39, 0.29) is 6.54 Å². The van der Waals surface area contributed by atoms with Gasteiger partial charge in [-0.25, -0.2) is 13.1 Å². The number of para-hydroxylation sites is 1. The van der Waals surface area contributed by atoms with E-state index in [1.54, 1.807) is 0 Å². The summed E-state index contributed by atoms with van der Waals surface area (Å²) >= 11 is 0.